The van der Waals surface area contributed by atoms with Crippen LogP contribution in [0.3, 0.4) is 0 Å². The fourth-order valence-electron chi connectivity index (χ4n) is 5.15. The number of carbonyl (C=O) groups excluding carboxylic acids is 1. The van der Waals surface area contributed by atoms with Crippen LogP contribution in [0.1, 0.15) is 41.9 Å². The number of nitrogens with zero attached hydrogens (tertiary/aromatic N) is 1. The van der Waals surface area contributed by atoms with Gasteiger partial charge in [0.1, 0.15) is 5.82 Å². The van der Waals surface area contributed by atoms with Crippen molar-refractivity contribution in [2.24, 2.45) is 5.73 Å². The topological polar surface area (TPSA) is 135 Å². The summed E-state index contributed by atoms with van der Waals surface area (Å²) in [6.45, 7) is 0.237. The molecule has 1 aliphatic rings. The summed E-state index contributed by atoms with van der Waals surface area (Å²) in [6.07, 6.45) is 8.15. The minimum atomic E-state index is -3.58. The molecule has 2 heterocycles. The molecule has 2 aromatic carbocycles. The summed E-state index contributed by atoms with van der Waals surface area (Å²) in [7, 11) is -2.14. The van der Waals surface area contributed by atoms with Gasteiger partial charge in [-0.25, -0.2) is 31.3 Å². The lowest BCUT2D eigenvalue weighted by atomic mass is 9.85. The van der Waals surface area contributed by atoms with Crippen LogP contribution in [0, 0.1) is 29.8 Å². The summed E-state index contributed by atoms with van der Waals surface area (Å²) in [5.74, 6) is -1.62. The number of anilines is 1. The summed E-state index contributed by atoms with van der Waals surface area (Å²) >= 11 is 0. The van der Waals surface area contributed by atoms with Crippen LogP contribution in [0.25, 0.3) is 0 Å². The van der Waals surface area contributed by atoms with Crippen LogP contribution >= 0.6 is 0 Å². The van der Waals surface area contributed by atoms with Crippen molar-refractivity contribution in [3.05, 3.63) is 88.9 Å². The zero-order valence-electron chi connectivity index (χ0n) is 24.0. The van der Waals surface area contributed by atoms with Crippen molar-refractivity contribution in [1.29, 1.82) is 0 Å². The Morgan fingerprint density at radius 3 is 2.61 bits per heavy atom. The lowest BCUT2D eigenvalue weighted by molar-refractivity contribution is -0.117. The number of sulfonamides is 1. The summed E-state index contributed by atoms with van der Waals surface area (Å²) < 4.78 is 75.9. The average molecular weight is 630 g/mol. The van der Waals surface area contributed by atoms with Crippen molar-refractivity contribution in [1.82, 2.24) is 15.0 Å². The second kappa shape index (κ2) is 14.7. The lowest BCUT2D eigenvalue weighted by Crippen LogP contribution is -2.44. The van der Waals surface area contributed by atoms with Crippen LogP contribution < -0.4 is 25.8 Å². The number of aromatic nitrogens is 1. The van der Waals surface area contributed by atoms with E-state index in [0.717, 1.165) is 12.1 Å². The molecule has 234 valence electrons. The molecular weight excluding hydrogens is 595 g/mol. The molecule has 0 radical (unpaired) electrons. The van der Waals surface area contributed by atoms with Crippen LogP contribution in [0.4, 0.5) is 18.9 Å². The predicted molar refractivity (Wildman–Crippen MR) is 161 cm³/mol. The first kappa shape index (κ1) is 32.9. The molecule has 1 aromatic heterocycles. The first-order chi connectivity index (χ1) is 21.0. The van der Waals surface area contributed by atoms with Crippen molar-refractivity contribution in [2.75, 3.05) is 24.7 Å². The molecule has 4 atom stereocenters. The van der Waals surface area contributed by atoms with E-state index in [1.807, 2.05) is 0 Å². The van der Waals surface area contributed by atoms with Crippen molar-refractivity contribution in [3.8, 4) is 18.2 Å². The van der Waals surface area contributed by atoms with Gasteiger partial charge in [0.15, 0.2) is 11.6 Å². The standard InChI is InChI=1S/C31H34F3N5O4S/c1-3-21-6-5-15-44(41,42)39-22(18-36-21)11-12-23-24(32)7-4-8-27(23)38-31(40)30(35)29(19-9-13-25(33)26(34)16-19)20-10-14-28(43-2)37-17-20/h1,4,7-10,13-14,16-17,21-22,29-30,36,39H,5-6,11-12,15,18,35H2,2H3,(H,38,40)/t21?,22?,29-,30-/m0/s1. The molecule has 0 saturated carbocycles. The number of terminal acetylenes is 1. The quantitative estimate of drug-likeness (QED) is 0.267. The van der Waals surface area contributed by atoms with E-state index in [2.05, 4.69) is 26.3 Å². The van der Waals surface area contributed by atoms with Crippen molar-refractivity contribution < 1.29 is 31.1 Å². The number of nitrogens with one attached hydrogen (secondary N) is 3. The van der Waals surface area contributed by atoms with Crippen LogP contribution in [-0.2, 0) is 21.2 Å². The molecule has 44 heavy (non-hydrogen) atoms. The SMILES string of the molecule is C#CC1CCCS(=O)(=O)NC(CCc2c(F)cccc2NC(=O)[C@@H](N)[C@H](c2ccc(OC)nc2)c2ccc(F)c(F)c2)CN1. The van der Waals surface area contributed by atoms with Gasteiger partial charge < -0.3 is 21.1 Å². The lowest BCUT2D eigenvalue weighted by Gasteiger charge is -2.25. The van der Waals surface area contributed by atoms with Gasteiger partial charge in [-0.15, -0.1) is 6.42 Å². The minimum Gasteiger partial charge on any atom is -0.481 e. The number of hydrogen-bond donors (Lipinski definition) is 4. The Morgan fingerprint density at radius 1 is 1.16 bits per heavy atom. The molecule has 0 aliphatic carbocycles. The molecule has 9 nitrogen and oxygen atoms in total. The number of carbonyl (C=O) groups is 1. The highest BCUT2D eigenvalue weighted by Crippen LogP contribution is 2.30. The highest BCUT2D eigenvalue weighted by molar-refractivity contribution is 7.89. The van der Waals surface area contributed by atoms with Gasteiger partial charge in [-0.05, 0) is 61.1 Å². The van der Waals surface area contributed by atoms with Crippen molar-refractivity contribution in [3.63, 3.8) is 0 Å². The third-order valence-electron chi connectivity index (χ3n) is 7.48. The van der Waals surface area contributed by atoms with E-state index in [9.17, 15) is 22.0 Å². The fraction of sp³-hybridized carbons (Fsp3) is 0.355. The normalized spacial score (nSPS) is 19.8. The first-order valence-corrected chi connectivity index (χ1v) is 15.6. The number of pyridine rings is 1. The maximum Gasteiger partial charge on any atom is 0.242 e. The maximum absolute atomic E-state index is 15.1. The van der Waals surface area contributed by atoms with E-state index in [-0.39, 0.29) is 48.0 Å². The zero-order chi connectivity index (χ0) is 31.9. The van der Waals surface area contributed by atoms with Gasteiger partial charge in [-0.3, -0.25) is 4.79 Å². The molecule has 2 unspecified atom stereocenters. The number of amides is 1. The summed E-state index contributed by atoms with van der Waals surface area (Å²) in [5, 5.41) is 5.84. The van der Waals surface area contributed by atoms with Gasteiger partial charge >= 0.3 is 0 Å². The molecule has 13 heteroatoms. The van der Waals surface area contributed by atoms with E-state index in [1.165, 1.54) is 37.6 Å². The molecule has 1 amide bonds. The second-order valence-electron chi connectivity index (χ2n) is 10.5. The summed E-state index contributed by atoms with van der Waals surface area (Å²) in [4.78, 5) is 17.7. The largest absolute Gasteiger partial charge is 0.481 e. The molecular formula is C31H34F3N5O4S. The minimum absolute atomic E-state index is 0.0715. The molecule has 1 saturated heterocycles. The number of rotatable bonds is 9. The average Bonchev–Trinajstić information content (AvgIpc) is 3.07. The van der Waals surface area contributed by atoms with Gasteiger partial charge in [0.2, 0.25) is 21.8 Å². The molecule has 4 rings (SSSR count). The Bertz CT molecular complexity index is 1620. The number of ether oxygens (including phenoxy) is 1. The highest BCUT2D eigenvalue weighted by Gasteiger charge is 2.30. The number of benzene rings is 2. The van der Waals surface area contributed by atoms with Gasteiger partial charge in [-0.2, -0.15) is 0 Å². The van der Waals surface area contributed by atoms with Gasteiger partial charge in [-0.1, -0.05) is 24.1 Å². The van der Waals surface area contributed by atoms with E-state index in [1.54, 1.807) is 12.1 Å². The molecule has 5 N–H and O–H groups in total. The Hall–Kier alpha value is -3.96. The molecule has 3 aromatic rings. The van der Waals surface area contributed by atoms with Crippen LogP contribution in [-0.4, -0.2) is 56.8 Å². The first-order valence-electron chi connectivity index (χ1n) is 14.0. The number of methoxy groups -OCH3 is 1. The van der Waals surface area contributed by atoms with Gasteiger partial charge in [0.05, 0.1) is 24.9 Å². The van der Waals surface area contributed by atoms with Gasteiger partial charge in [0, 0.05) is 42.0 Å². The Kier molecular flexibility index (Phi) is 11.0. The summed E-state index contributed by atoms with van der Waals surface area (Å²) in [5.41, 5.74) is 7.38. The van der Waals surface area contributed by atoms with E-state index < -0.39 is 51.4 Å². The van der Waals surface area contributed by atoms with Crippen molar-refractivity contribution in [2.45, 2.75) is 49.7 Å². The van der Waals surface area contributed by atoms with Crippen LogP contribution in [0.5, 0.6) is 5.88 Å². The molecule has 0 spiro atoms. The third kappa shape index (κ3) is 8.35. The van der Waals surface area contributed by atoms with E-state index in [4.69, 9.17) is 16.9 Å². The van der Waals surface area contributed by atoms with Crippen LogP contribution in [0.15, 0.2) is 54.7 Å². The van der Waals surface area contributed by atoms with E-state index >= 15 is 4.39 Å². The molecule has 1 aliphatic heterocycles. The fourth-order valence-corrected chi connectivity index (χ4v) is 6.52. The highest BCUT2D eigenvalue weighted by atomic mass is 32.2. The Balaban J connectivity index is 1.57. The zero-order valence-corrected chi connectivity index (χ0v) is 24.8. The smallest absolute Gasteiger partial charge is 0.242 e. The predicted octanol–water partition coefficient (Wildman–Crippen LogP) is 3.21. The van der Waals surface area contributed by atoms with Crippen molar-refractivity contribution >= 4 is 21.6 Å². The number of nitrogens with two attached hydrogens (primary N) is 1. The van der Waals surface area contributed by atoms with E-state index in [0.29, 0.717) is 24.3 Å². The van der Waals surface area contributed by atoms with Crippen LogP contribution in [0.2, 0.25) is 0 Å². The second-order valence-corrected chi connectivity index (χ2v) is 12.4. The monoisotopic (exact) mass is 629 g/mol. The summed E-state index contributed by atoms with van der Waals surface area (Å²) in [6, 6.07) is 8.32. The Labute approximate surface area is 254 Å². The number of halogens is 3. The Morgan fingerprint density at radius 2 is 1.93 bits per heavy atom. The molecule has 1 fully saturated rings. The van der Waals surface area contributed by atoms with Gasteiger partial charge in [0.25, 0.3) is 0 Å². The third-order valence-corrected chi connectivity index (χ3v) is 8.99. The molecule has 0 bridgehead atoms. The number of hydrogen-bond acceptors (Lipinski definition) is 7. The maximum atomic E-state index is 15.1.